The zero-order valence-electron chi connectivity index (χ0n) is 10.7. The van der Waals surface area contributed by atoms with E-state index in [9.17, 15) is 0 Å². The van der Waals surface area contributed by atoms with Gasteiger partial charge in [-0.1, -0.05) is 13.8 Å². The molecule has 3 heteroatoms. The van der Waals surface area contributed by atoms with E-state index in [4.69, 9.17) is 10.5 Å². The van der Waals surface area contributed by atoms with Crippen LogP contribution in [0.2, 0.25) is 0 Å². The molecule has 0 bridgehead atoms. The molecule has 0 aliphatic carbocycles. The van der Waals surface area contributed by atoms with Crippen molar-refractivity contribution in [3.05, 3.63) is 0 Å². The van der Waals surface area contributed by atoms with E-state index >= 15 is 0 Å². The first kappa shape index (κ1) is 12.3. The Morgan fingerprint density at radius 2 is 2.06 bits per heavy atom. The first-order valence-electron chi connectivity index (χ1n) is 6.62. The molecule has 2 heterocycles. The topological polar surface area (TPSA) is 38.5 Å². The van der Waals surface area contributed by atoms with E-state index in [-0.39, 0.29) is 6.04 Å². The van der Waals surface area contributed by atoms with Crippen molar-refractivity contribution in [2.24, 2.45) is 17.1 Å². The maximum absolute atomic E-state index is 6.04. The van der Waals surface area contributed by atoms with Crippen LogP contribution in [-0.2, 0) is 4.74 Å². The molecule has 2 aliphatic rings. The van der Waals surface area contributed by atoms with Crippen molar-refractivity contribution in [3.8, 4) is 0 Å². The molecule has 0 saturated carbocycles. The van der Waals surface area contributed by atoms with E-state index in [2.05, 4.69) is 18.7 Å². The monoisotopic (exact) mass is 226 g/mol. The summed E-state index contributed by atoms with van der Waals surface area (Å²) in [5, 5.41) is 0. The van der Waals surface area contributed by atoms with Crippen molar-refractivity contribution in [2.75, 3.05) is 32.8 Å². The van der Waals surface area contributed by atoms with Crippen molar-refractivity contribution in [2.45, 2.75) is 39.2 Å². The highest BCUT2D eigenvalue weighted by Crippen LogP contribution is 2.30. The van der Waals surface area contributed by atoms with Crippen LogP contribution in [0.4, 0.5) is 0 Å². The average molecular weight is 226 g/mol. The predicted octanol–water partition coefficient (Wildman–Crippen LogP) is 1.47. The summed E-state index contributed by atoms with van der Waals surface area (Å²) in [6.45, 7) is 10.0. The van der Waals surface area contributed by atoms with Crippen LogP contribution < -0.4 is 5.73 Å². The Morgan fingerprint density at radius 3 is 2.75 bits per heavy atom. The summed E-state index contributed by atoms with van der Waals surface area (Å²) in [7, 11) is 0. The fourth-order valence-corrected chi connectivity index (χ4v) is 2.80. The highest BCUT2D eigenvalue weighted by Gasteiger charge is 2.29. The van der Waals surface area contributed by atoms with E-state index in [0.29, 0.717) is 11.3 Å². The highest BCUT2D eigenvalue weighted by molar-refractivity contribution is 4.83. The van der Waals surface area contributed by atoms with E-state index in [1.54, 1.807) is 0 Å². The summed E-state index contributed by atoms with van der Waals surface area (Å²) >= 11 is 0. The van der Waals surface area contributed by atoms with Crippen LogP contribution in [0.15, 0.2) is 0 Å². The van der Waals surface area contributed by atoms with Crippen molar-refractivity contribution in [3.63, 3.8) is 0 Å². The van der Waals surface area contributed by atoms with E-state index in [1.165, 1.54) is 32.4 Å². The number of hydrogen-bond acceptors (Lipinski definition) is 3. The molecule has 2 unspecified atom stereocenters. The van der Waals surface area contributed by atoms with Gasteiger partial charge in [-0.05, 0) is 37.8 Å². The molecule has 2 rings (SSSR count). The number of nitrogens with zero attached hydrogens (tertiary/aromatic N) is 1. The molecule has 0 amide bonds. The van der Waals surface area contributed by atoms with Crippen LogP contribution in [0.25, 0.3) is 0 Å². The van der Waals surface area contributed by atoms with Gasteiger partial charge < -0.3 is 15.4 Å². The van der Waals surface area contributed by atoms with E-state index in [1.807, 2.05) is 0 Å². The van der Waals surface area contributed by atoms with Gasteiger partial charge in [0.1, 0.15) is 0 Å². The van der Waals surface area contributed by atoms with Crippen molar-refractivity contribution < 1.29 is 4.74 Å². The van der Waals surface area contributed by atoms with Crippen LogP contribution in [0.1, 0.15) is 33.1 Å². The quantitative estimate of drug-likeness (QED) is 0.775. The van der Waals surface area contributed by atoms with Gasteiger partial charge in [0.05, 0.1) is 13.2 Å². The summed E-state index contributed by atoms with van der Waals surface area (Å²) in [6, 6.07) is 0.260. The second kappa shape index (κ2) is 5.03. The van der Waals surface area contributed by atoms with Crippen LogP contribution >= 0.6 is 0 Å². The van der Waals surface area contributed by atoms with Gasteiger partial charge in [-0.3, -0.25) is 0 Å². The normalized spacial score (nSPS) is 36.2. The lowest BCUT2D eigenvalue weighted by molar-refractivity contribution is 0.166. The number of rotatable bonds is 2. The standard InChI is InChI=1S/C13H26N2O/c1-13(2)4-3-6-15(7-5-13)8-11-9-16-10-12(11)14/h11-12H,3-10,14H2,1-2H3. The lowest BCUT2D eigenvalue weighted by Gasteiger charge is -2.26. The minimum Gasteiger partial charge on any atom is -0.379 e. The Bertz CT molecular complexity index is 230. The SMILES string of the molecule is CC1(C)CCCN(CC2COCC2N)CC1. The maximum atomic E-state index is 6.04. The molecule has 3 nitrogen and oxygen atoms in total. The second-order valence-electron chi connectivity index (χ2n) is 6.28. The third kappa shape index (κ3) is 3.19. The molecule has 2 saturated heterocycles. The number of ether oxygens (including phenoxy) is 1. The Hall–Kier alpha value is -0.120. The smallest absolute Gasteiger partial charge is 0.0621 e. The number of likely N-dealkylation sites (tertiary alicyclic amines) is 1. The van der Waals surface area contributed by atoms with Gasteiger partial charge in [0.25, 0.3) is 0 Å². The van der Waals surface area contributed by atoms with Gasteiger partial charge in [0.15, 0.2) is 0 Å². The van der Waals surface area contributed by atoms with Crippen molar-refractivity contribution in [1.29, 1.82) is 0 Å². The van der Waals surface area contributed by atoms with Gasteiger partial charge in [-0.2, -0.15) is 0 Å². The molecule has 0 aromatic carbocycles. The maximum Gasteiger partial charge on any atom is 0.0621 e. The number of nitrogens with two attached hydrogens (primary N) is 1. The van der Waals surface area contributed by atoms with Crippen LogP contribution in [0, 0.1) is 11.3 Å². The highest BCUT2D eigenvalue weighted by atomic mass is 16.5. The predicted molar refractivity (Wildman–Crippen MR) is 66.4 cm³/mol. The number of hydrogen-bond donors (Lipinski definition) is 1. The largest absolute Gasteiger partial charge is 0.379 e. The first-order valence-corrected chi connectivity index (χ1v) is 6.62. The minimum absolute atomic E-state index is 0.260. The molecule has 2 atom stereocenters. The van der Waals surface area contributed by atoms with Crippen LogP contribution in [0.3, 0.4) is 0 Å². The Labute approximate surface area is 99.3 Å². The zero-order valence-corrected chi connectivity index (χ0v) is 10.7. The fourth-order valence-electron chi connectivity index (χ4n) is 2.80. The summed E-state index contributed by atoms with van der Waals surface area (Å²) in [6.07, 6.45) is 4.00. The zero-order chi connectivity index (χ0) is 11.6. The third-order valence-corrected chi connectivity index (χ3v) is 4.17. The van der Waals surface area contributed by atoms with Gasteiger partial charge in [0, 0.05) is 18.5 Å². The molecular weight excluding hydrogens is 200 g/mol. The summed E-state index contributed by atoms with van der Waals surface area (Å²) in [5.41, 5.74) is 6.57. The molecule has 2 N–H and O–H groups in total. The second-order valence-corrected chi connectivity index (χ2v) is 6.28. The molecule has 94 valence electrons. The van der Waals surface area contributed by atoms with Crippen LogP contribution in [0.5, 0.6) is 0 Å². The summed E-state index contributed by atoms with van der Waals surface area (Å²) in [4.78, 5) is 2.59. The molecule has 2 fully saturated rings. The molecule has 16 heavy (non-hydrogen) atoms. The van der Waals surface area contributed by atoms with Crippen molar-refractivity contribution in [1.82, 2.24) is 4.90 Å². The van der Waals surface area contributed by atoms with E-state index in [0.717, 1.165) is 19.8 Å². The van der Waals surface area contributed by atoms with Crippen LogP contribution in [-0.4, -0.2) is 43.8 Å². The average Bonchev–Trinajstić information content (AvgIpc) is 2.52. The van der Waals surface area contributed by atoms with Gasteiger partial charge in [0.2, 0.25) is 0 Å². The van der Waals surface area contributed by atoms with E-state index < -0.39 is 0 Å². The molecular formula is C13H26N2O. The lowest BCUT2D eigenvalue weighted by atomic mass is 9.85. The first-order chi connectivity index (χ1) is 7.57. The lowest BCUT2D eigenvalue weighted by Crippen LogP contribution is -2.39. The molecule has 0 aromatic heterocycles. The molecule has 2 aliphatic heterocycles. The Morgan fingerprint density at radius 1 is 1.25 bits per heavy atom. The summed E-state index contributed by atoms with van der Waals surface area (Å²) in [5.74, 6) is 0.557. The van der Waals surface area contributed by atoms with Gasteiger partial charge in [-0.15, -0.1) is 0 Å². The molecule has 0 radical (unpaired) electrons. The van der Waals surface area contributed by atoms with Crippen molar-refractivity contribution >= 4 is 0 Å². The van der Waals surface area contributed by atoms with Gasteiger partial charge in [-0.25, -0.2) is 0 Å². The van der Waals surface area contributed by atoms with Gasteiger partial charge >= 0.3 is 0 Å². The Balaban J connectivity index is 1.81. The Kier molecular flexibility index (Phi) is 3.88. The fraction of sp³-hybridized carbons (Fsp3) is 1.00. The summed E-state index contributed by atoms with van der Waals surface area (Å²) < 4.78 is 5.43. The molecule has 0 spiro atoms. The minimum atomic E-state index is 0.260. The third-order valence-electron chi connectivity index (χ3n) is 4.17. The molecule has 0 aromatic rings.